The maximum absolute atomic E-state index is 4.50. The monoisotopic (exact) mass is 286 g/mol. The molecule has 2 aliphatic heterocycles. The van der Waals surface area contributed by atoms with Crippen LogP contribution in [0.4, 0.5) is 11.4 Å². The van der Waals surface area contributed by atoms with Crippen LogP contribution in [0.5, 0.6) is 0 Å². The Bertz CT molecular complexity index is 510. The Labute approximate surface area is 128 Å². The van der Waals surface area contributed by atoms with Gasteiger partial charge in [0, 0.05) is 38.9 Å². The molecule has 0 aliphatic carbocycles. The predicted molar refractivity (Wildman–Crippen MR) is 89.4 cm³/mol. The van der Waals surface area contributed by atoms with E-state index in [1.807, 2.05) is 6.21 Å². The molecular formula is C17H26N4. The van der Waals surface area contributed by atoms with E-state index in [1.54, 1.807) is 0 Å². The molecule has 4 nitrogen and oxygen atoms in total. The number of anilines is 1. The van der Waals surface area contributed by atoms with Gasteiger partial charge in [0.05, 0.1) is 17.9 Å². The molecule has 21 heavy (non-hydrogen) atoms. The summed E-state index contributed by atoms with van der Waals surface area (Å²) in [5, 5.41) is 4.86. The van der Waals surface area contributed by atoms with Gasteiger partial charge in [-0.25, -0.2) is 5.01 Å². The van der Waals surface area contributed by atoms with Gasteiger partial charge in [0.1, 0.15) is 0 Å². The van der Waals surface area contributed by atoms with Crippen LogP contribution in [-0.4, -0.2) is 55.4 Å². The van der Waals surface area contributed by atoms with Gasteiger partial charge in [-0.3, -0.25) is 10.0 Å². The number of piperazine rings is 1. The second-order valence-electron chi connectivity index (χ2n) is 7.17. The summed E-state index contributed by atoms with van der Waals surface area (Å²) in [6, 6.07) is 8.42. The largest absolute Gasteiger partial charge is 0.300 e. The van der Waals surface area contributed by atoms with E-state index in [0.29, 0.717) is 5.41 Å². The van der Waals surface area contributed by atoms with E-state index in [2.05, 4.69) is 64.9 Å². The lowest BCUT2D eigenvalue weighted by Gasteiger charge is -2.44. The van der Waals surface area contributed by atoms with Gasteiger partial charge in [-0.05, 0) is 17.5 Å². The number of nitrogens with zero attached hydrogens (tertiary/aromatic N) is 4. The first-order chi connectivity index (χ1) is 10.0. The topological polar surface area (TPSA) is 22.1 Å². The van der Waals surface area contributed by atoms with E-state index in [1.165, 1.54) is 12.2 Å². The summed E-state index contributed by atoms with van der Waals surface area (Å²) >= 11 is 0. The van der Waals surface area contributed by atoms with Gasteiger partial charge in [-0.15, -0.1) is 0 Å². The lowest BCUT2D eigenvalue weighted by atomic mass is 9.96. The molecule has 0 atom stereocenters. The van der Waals surface area contributed by atoms with Gasteiger partial charge in [0.25, 0.3) is 0 Å². The highest BCUT2D eigenvalue weighted by molar-refractivity contribution is 5.81. The third-order valence-corrected chi connectivity index (χ3v) is 4.03. The molecule has 0 unspecified atom stereocenters. The van der Waals surface area contributed by atoms with Crippen molar-refractivity contribution >= 4 is 17.6 Å². The first-order valence-electron chi connectivity index (χ1n) is 7.89. The Hall–Kier alpha value is -1.39. The van der Waals surface area contributed by atoms with E-state index in [4.69, 9.17) is 0 Å². The molecule has 1 fully saturated rings. The summed E-state index contributed by atoms with van der Waals surface area (Å²) in [5.74, 6) is 0. The molecule has 114 valence electrons. The molecule has 2 heterocycles. The molecule has 3 rings (SSSR count). The third kappa shape index (κ3) is 3.44. The van der Waals surface area contributed by atoms with E-state index in [-0.39, 0.29) is 0 Å². The van der Waals surface area contributed by atoms with Crippen molar-refractivity contribution in [1.82, 2.24) is 9.91 Å². The molecule has 0 amide bonds. The minimum Gasteiger partial charge on any atom is -0.300 e. The second kappa shape index (κ2) is 5.78. The molecule has 0 radical (unpaired) electrons. The summed E-state index contributed by atoms with van der Waals surface area (Å²) in [5.41, 5.74) is 2.71. The maximum atomic E-state index is 4.50. The van der Waals surface area contributed by atoms with Gasteiger partial charge in [-0.2, -0.15) is 0 Å². The highest BCUT2D eigenvalue weighted by Gasteiger charge is 2.26. The molecule has 1 aromatic rings. The van der Waals surface area contributed by atoms with Crippen molar-refractivity contribution < 1.29 is 0 Å². The zero-order valence-electron chi connectivity index (χ0n) is 13.4. The summed E-state index contributed by atoms with van der Waals surface area (Å²) in [7, 11) is 0. The van der Waals surface area contributed by atoms with Crippen LogP contribution in [-0.2, 0) is 0 Å². The van der Waals surface area contributed by atoms with Crippen molar-refractivity contribution in [1.29, 1.82) is 0 Å². The molecule has 0 N–H and O–H groups in total. The van der Waals surface area contributed by atoms with E-state index in [0.717, 1.165) is 38.4 Å². The normalized spacial score (nSPS) is 20.6. The number of fused-ring (bicyclic) bond motifs is 1. The lowest BCUT2D eigenvalue weighted by molar-refractivity contribution is 0.0971. The van der Waals surface area contributed by atoms with Gasteiger partial charge < -0.3 is 4.90 Å². The zero-order chi connectivity index (χ0) is 14.9. The van der Waals surface area contributed by atoms with Gasteiger partial charge in [-0.1, -0.05) is 32.9 Å². The van der Waals surface area contributed by atoms with E-state index >= 15 is 0 Å². The first-order valence-corrected chi connectivity index (χ1v) is 7.89. The number of hydrogen-bond donors (Lipinski definition) is 0. The number of hydrazine groups is 1. The maximum Gasteiger partial charge on any atom is 0.0873 e. The molecule has 0 aromatic heterocycles. The molecule has 0 bridgehead atoms. The average Bonchev–Trinajstić information content (AvgIpc) is 2.46. The lowest BCUT2D eigenvalue weighted by Crippen LogP contribution is -2.55. The third-order valence-electron chi connectivity index (χ3n) is 4.03. The molecule has 1 aromatic carbocycles. The van der Waals surface area contributed by atoms with Crippen LogP contribution in [0.3, 0.4) is 0 Å². The Morgan fingerprint density at radius 1 is 1.05 bits per heavy atom. The molecule has 4 heteroatoms. The minimum atomic E-state index is 0.381. The van der Waals surface area contributed by atoms with Crippen LogP contribution in [0.25, 0.3) is 0 Å². The van der Waals surface area contributed by atoms with Crippen molar-refractivity contribution in [2.24, 2.45) is 10.4 Å². The van der Waals surface area contributed by atoms with Crippen LogP contribution >= 0.6 is 0 Å². The number of benzene rings is 1. The molecule has 0 spiro atoms. The van der Waals surface area contributed by atoms with Crippen molar-refractivity contribution in [2.45, 2.75) is 20.8 Å². The molecule has 1 saturated heterocycles. The first kappa shape index (κ1) is 14.5. The van der Waals surface area contributed by atoms with Crippen LogP contribution in [0.1, 0.15) is 20.8 Å². The number of para-hydroxylation sites is 2. The predicted octanol–water partition coefficient (Wildman–Crippen LogP) is 2.79. The van der Waals surface area contributed by atoms with E-state index in [9.17, 15) is 0 Å². The fraction of sp³-hybridized carbons (Fsp3) is 0.588. The summed E-state index contributed by atoms with van der Waals surface area (Å²) in [6.07, 6.45) is 2.02. The quantitative estimate of drug-likeness (QED) is 0.834. The molecule has 0 saturated carbocycles. The fourth-order valence-corrected chi connectivity index (χ4v) is 3.18. The Morgan fingerprint density at radius 2 is 1.76 bits per heavy atom. The van der Waals surface area contributed by atoms with Crippen molar-refractivity contribution in [3.8, 4) is 0 Å². The van der Waals surface area contributed by atoms with Gasteiger partial charge in [0.2, 0.25) is 0 Å². The minimum absolute atomic E-state index is 0.381. The second-order valence-corrected chi connectivity index (χ2v) is 7.17. The highest BCUT2D eigenvalue weighted by Crippen LogP contribution is 2.31. The summed E-state index contributed by atoms with van der Waals surface area (Å²) < 4.78 is 0. The molecular weight excluding hydrogens is 260 g/mol. The van der Waals surface area contributed by atoms with E-state index < -0.39 is 0 Å². The van der Waals surface area contributed by atoms with Crippen LogP contribution in [0.15, 0.2) is 29.3 Å². The van der Waals surface area contributed by atoms with Crippen LogP contribution < -0.4 is 5.01 Å². The SMILES string of the molecule is CC(C)(C)CN1CCN(N2CC=Nc3ccccc32)CC1. The summed E-state index contributed by atoms with van der Waals surface area (Å²) in [6.45, 7) is 13.5. The number of hydrogen-bond acceptors (Lipinski definition) is 4. The van der Waals surface area contributed by atoms with Crippen molar-refractivity contribution in [3.63, 3.8) is 0 Å². The van der Waals surface area contributed by atoms with Gasteiger partial charge in [0.15, 0.2) is 0 Å². The van der Waals surface area contributed by atoms with Gasteiger partial charge >= 0.3 is 0 Å². The van der Waals surface area contributed by atoms with Crippen LogP contribution in [0.2, 0.25) is 0 Å². The smallest absolute Gasteiger partial charge is 0.0873 e. The zero-order valence-corrected chi connectivity index (χ0v) is 13.4. The average molecular weight is 286 g/mol. The molecule has 2 aliphatic rings. The van der Waals surface area contributed by atoms with Crippen molar-refractivity contribution in [2.75, 3.05) is 44.3 Å². The Morgan fingerprint density at radius 3 is 2.48 bits per heavy atom. The van der Waals surface area contributed by atoms with Crippen molar-refractivity contribution in [3.05, 3.63) is 24.3 Å². The fourth-order valence-electron chi connectivity index (χ4n) is 3.18. The number of aliphatic imine (C=N–C) groups is 1. The number of rotatable bonds is 2. The van der Waals surface area contributed by atoms with Crippen LogP contribution in [0, 0.1) is 5.41 Å². The Balaban J connectivity index is 1.64. The Kier molecular flexibility index (Phi) is 4.00. The standard InChI is InChI=1S/C17H26N4/c1-17(2,3)14-19-10-12-20(13-11-19)21-9-8-18-15-6-4-5-7-16(15)21/h4-8H,9-14H2,1-3H3. The summed E-state index contributed by atoms with van der Waals surface area (Å²) in [4.78, 5) is 7.08. The highest BCUT2D eigenvalue weighted by atomic mass is 15.6.